The van der Waals surface area contributed by atoms with Gasteiger partial charge in [-0.1, -0.05) is 19.9 Å². The number of anilines is 2. The third-order valence-corrected chi connectivity index (χ3v) is 4.19. The Hall–Kier alpha value is -2.37. The Balaban J connectivity index is 2.16. The van der Waals surface area contributed by atoms with E-state index in [2.05, 4.69) is 10.6 Å². The van der Waals surface area contributed by atoms with E-state index in [-0.39, 0.29) is 11.8 Å². The van der Waals surface area contributed by atoms with Gasteiger partial charge in [0, 0.05) is 18.3 Å². The molecule has 1 saturated carbocycles. The van der Waals surface area contributed by atoms with Crippen molar-refractivity contribution in [2.45, 2.75) is 27.7 Å². The second kappa shape index (κ2) is 5.44. The third-order valence-electron chi connectivity index (χ3n) is 4.19. The molecule has 0 aliphatic heterocycles. The number of aliphatic carboxylic acids is 1. The lowest BCUT2D eigenvalue weighted by Gasteiger charge is -2.11. The zero-order valence-corrected chi connectivity index (χ0v) is 13.1. The second-order valence-corrected chi connectivity index (χ2v) is 6.32. The van der Waals surface area contributed by atoms with Gasteiger partial charge in [0.25, 0.3) is 0 Å². The number of carbonyl (C=O) groups is 3. The predicted octanol–water partition coefficient (Wildman–Crippen LogP) is 2.25. The lowest BCUT2D eigenvalue weighted by atomic mass is 10.1. The van der Waals surface area contributed by atoms with E-state index >= 15 is 0 Å². The summed E-state index contributed by atoms with van der Waals surface area (Å²) >= 11 is 0. The summed E-state index contributed by atoms with van der Waals surface area (Å²) in [6, 6.07) is 5.20. The van der Waals surface area contributed by atoms with Crippen LogP contribution < -0.4 is 10.6 Å². The maximum absolute atomic E-state index is 12.3. The van der Waals surface area contributed by atoms with Crippen molar-refractivity contribution >= 4 is 29.2 Å². The molecular weight excluding hydrogens is 284 g/mol. The van der Waals surface area contributed by atoms with Crippen LogP contribution >= 0.6 is 0 Å². The van der Waals surface area contributed by atoms with Crippen molar-refractivity contribution in [3.8, 4) is 0 Å². The van der Waals surface area contributed by atoms with Crippen LogP contribution in [0.25, 0.3) is 0 Å². The lowest BCUT2D eigenvalue weighted by Crippen LogP contribution is -2.18. The standard InChI is InChI=1S/C16H20N2O4/c1-8-5-6-10(17-9(2)19)7-11(8)18-14(20)12-13(15(21)22)16(12,3)4/h5-7,12-13H,1-4H3,(H,17,19)(H,18,20)(H,21,22)/t12-,13+/m0/s1. The molecule has 22 heavy (non-hydrogen) atoms. The van der Waals surface area contributed by atoms with Crippen LogP contribution in [-0.4, -0.2) is 22.9 Å². The number of carbonyl (C=O) groups excluding carboxylic acids is 2. The SMILES string of the molecule is CC(=O)Nc1ccc(C)c(NC(=O)[C@@H]2[C@H](C(=O)O)C2(C)C)c1. The van der Waals surface area contributed by atoms with Crippen LogP contribution in [0.3, 0.4) is 0 Å². The van der Waals surface area contributed by atoms with Gasteiger partial charge < -0.3 is 15.7 Å². The van der Waals surface area contributed by atoms with Gasteiger partial charge in [-0.05, 0) is 30.0 Å². The van der Waals surface area contributed by atoms with E-state index < -0.39 is 23.2 Å². The van der Waals surface area contributed by atoms with Crippen molar-refractivity contribution in [2.24, 2.45) is 17.3 Å². The molecule has 3 N–H and O–H groups in total. The fraction of sp³-hybridized carbons (Fsp3) is 0.438. The van der Waals surface area contributed by atoms with E-state index in [9.17, 15) is 14.4 Å². The van der Waals surface area contributed by atoms with Gasteiger partial charge in [-0.25, -0.2) is 0 Å². The number of hydrogen-bond donors (Lipinski definition) is 3. The first-order valence-corrected chi connectivity index (χ1v) is 7.06. The third kappa shape index (κ3) is 2.95. The Labute approximate surface area is 128 Å². The molecule has 118 valence electrons. The normalized spacial score (nSPS) is 21.8. The average molecular weight is 304 g/mol. The van der Waals surface area contributed by atoms with E-state index in [0.717, 1.165) is 5.56 Å². The average Bonchev–Trinajstić information content (AvgIpc) is 2.96. The molecular formula is C16H20N2O4. The van der Waals surface area contributed by atoms with Crippen molar-refractivity contribution < 1.29 is 19.5 Å². The summed E-state index contributed by atoms with van der Waals surface area (Å²) < 4.78 is 0. The summed E-state index contributed by atoms with van der Waals surface area (Å²) in [7, 11) is 0. The van der Waals surface area contributed by atoms with E-state index in [1.165, 1.54) is 6.92 Å². The minimum Gasteiger partial charge on any atom is -0.481 e. The minimum atomic E-state index is -0.950. The van der Waals surface area contributed by atoms with Gasteiger partial charge >= 0.3 is 5.97 Å². The zero-order chi connectivity index (χ0) is 16.7. The second-order valence-electron chi connectivity index (χ2n) is 6.32. The predicted molar refractivity (Wildman–Crippen MR) is 82.5 cm³/mol. The molecule has 1 aromatic rings. The van der Waals surface area contributed by atoms with Gasteiger partial charge in [0.1, 0.15) is 0 Å². The number of carboxylic acids is 1. The molecule has 1 fully saturated rings. The summed E-state index contributed by atoms with van der Waals surface area (Å²) in [5.74, 6) is -2.66. The maximum Gasteiger partial charge on any atom is 0.307 e. The summed E-state index contributed by atoms with van der Waals surface area (Å²) in [6.45, 7) is 6.79. The highest BCUT2D eigenvalue weighted by Gasteiger charge is 2.65. The topological polar surface area (TPSA) is 95.5 Å². The van der Waals surface area contributed by atoms with Crippen molar-refractivity contribution in [2.75, 3.05) is 10.6 Å². The number of benzene rings is 1. The quantitative estimate of drug-likeness (QED) is 0.795. The molecule has 6 nitrogen and oxygen atoms in total. The summed E-state index contributed by atoms with van der Waals surface area (Å²) in [5, 5.41) is 14.6. The first kappa shape index (κ1) is 16.0. The molecule has 0 unspecified atom stereocenters. The largest absolute Gasteiger partial charge is 0.481 e. The highest BCUT2D eigenvalue weighted by molar-refractivity contribution is 6.00. The minimum absolute atomic E-state index is 0.199. The van der Waals surface area contributed by atoms with Gasteiger partial charge in [0.05, 0.1) is 11.8 Å². The van der Waals surface area contributed by atoms with E-state index in [1.54, 1.807) is 32.0 Å². The van der Waals surface area contributed by atoms with Gasteiger partial charge in [-0.2, -0.15) is 0 Å². The molecule has 1 aromatic carbocycles. The number of aryl methyl sites for hydroxylation is 1. The van der Waals surface area contributed by atoms with Crippen molar-refractivity contribution in [3.63, 3.8) is 0 Å². The number of nitrogens with one attached hydrogen (secondary N) is 2. The van der Waals surface area contributed by atoms with Gasteiger partial charge in [-0.15, -0.1) is 0 Å². The van der Waals surface area contributed by atoms with Crippen LogP contribution in [0.4, 0.5) is 11.4 Å². The molecule has 6 heteroatoms. The maximum atomic E-state index is 12.3. The fourth-order valence-electron chi connectivity index (χ4n) is 2.84. The number of rotatable bonds is 4. The molecule has 0 radical (unpaired) electrons. The summed E-state index contributed by atoms with van der Waals surface area (Å²) in [4.78, 5) is 34.6. The molecule has 2 atom stereocenters. The fourth-order valence-corrected chi connectivity index (χ4v) is 2.84. The Bertz CT molecular complexity index is 652. The number of hydrogen-bond acceptors (Lipinski definition) is 3. The molecule has 0 aromatic heterocycles. The highest BCUT2D eigenvalue weighted by Crippen LogP contribution is 2.58. The van der Waals surface area contributed by atoms with Gasteiger partial charge in [0.2, 0.25) is 11.8 Å². The summed E-state index contributed by atoms with van der Waals surface area (Å²) in [6.07, 6.45) is 0. The van der Waals surface area contributed by atoms with Crippen molar-refractivity contribution in [3.05, 3.63) is 23.8 Å². The van der Waals surface area contributed by atoms with Crippen molar-refractivity contribution in [1.82, 2.24) is 0 Å². The number of amides is 2. The van der Waals surface area contributed by atoms with Crippen LogP contribution in [0.15, 0.2) is 18.2 Å². The van der Waals surface area contributed by atoms with Gasteiger partial charge in [0.15, 0.2) is 0 Å². The van der Waals surface area contributed by atoms with E-state index in [0.29, 0.717) is 11.4 Å². The highest BCUT2D eigenvalue weighted by atomic mass is 16.4. The molecule has 0 spiro atoms. The van der Waals surface area contributed by atoms with E-state index in [1.807, 2.05) is 6.92 Å². The molecule has 2 rings (SSSR count). The van der Waals surface area contributed by atoms with E-state index in [4.69, 9.17) is 5.11 Å². The van der Waals surface area contributed by atoms with Crippen molar-refractivity contribution in [1.29, 1.82) is 0 Å². The molecule has 0 bridgehead atoms. The Morgan fingerprint density at radius 2 is 1.77 bits per heavy atom. The van der Waals surface area contributed by atoms with Crippen LogP contribution in [0.1, 0.15) is 26.3 Å². The molecule has 2 amide bonds. The first-order valence-electron chi connectivity index (χ1n) is 7.06. The first-order chi connectivity index (χ1) is 10.1. The smallest absolute Gasteiger partial charge is 0.307 e. The summed E-state index contributed by atoms with van der Waals surface area (Å²) in [5.41, 5.74) is 1.45. The lowest BCUT2D eigenvalue weighted by molar-refractivity contribution is -0.140. The molecule has 1 aliphatic carbocycles. The Morgan fingerprint density at radius 3 is 2.27 bits per heavy atom. The Morgan fingerprint density at radius 1 is 1.14 bits per heavy atom. The zero-order valence-electron chi connectivity index (χ0n) is 13.1. The molecule has 0 saturated heterocycles. The van der Waals surface area contributed by atoms with Crippen LogP contribution in [0, 0.1) is 24.2 Å². The van der Waals surface area contributed by atoms with Crippen LogP contribution in [0.5, 0.6) is 0 Å². The monoisotopic (exact) mass is 304 g/mol. The molecule has 0 heterocycles. The van der Waals surface area contributed by atoms with Gasteiger partial charge in [-0.3, -0.25) is 14.4 Å². The van der Waals surface area contributed by atoms with Crippen LogP contribution in [0.2, 0.25) is 0 Å². The van der Waals surface area contributed by atoms with Crippen LogP contribution in [-0.2, 0) is 14.4 Å². The Kier molecular flexibility index (Phi) is 3.96. The number of carboxylic acid groups (broad SMARTS) is 1. The molecule has 1 aliphatic rings.